The molecule has 2 aromatic carbocycles. The molecule has 2 aromatic rings. The number of anilines is 1. The maximum atomic E-state index is 13.2. The zero-order valence-electron chi connectivity index (χ0n) is 15.5. The Bertz CT molecular complexity index is 1040. The lowest BCUT2D eigenvalue weighted by Crippen LogP contribution is -2.50. The van der Waals surface area contributed by atoms with Crippen LogP contribution in [0.5, 0.6) is 0 Å². The number of benzene rings is 2. The van der Waals surface area contributed by atoms with Crippen molar-refractivity contribution in [2.45, 2.75) is 29.8 Å². The summed E-state index contributed by atoms with van der Waals surface area (Å²) < 4.78 is 40.3. The Labute approximate surface area is 168 Å². The third-order valence-corrected chi connectivity index (χ3v) is 6.95. The molecule has 2 aliphatic rings. The number of piperidine rings is 1. The van der Waals surface area contributed by atoms with Gasteiger partial charge < -0.3 is 10.2 Å². The van der Waals surface area contributed by atoms with E-state index in [0.717, 1.165) is 12.1 Å². The number of halogens is 1. The lowest BCUT2D eigenvalue weighted by Gasteiger charge is -2.37. The smallest absolute Gasteiger partial charge is 0.273 e. The molecule has 1 amide bonds. The molecule has 4 rings (SSSR count). The quantitative estimate of drug-likeness (QED) is 0.829. The van der Waals surface area contributed by atoms with Crippen LogP contribution in [0.3, 0.4) is 0 Å². The SMILES string of the molecule is O=C(Nc1ccccc1)C1=NO[C@@]2(CCCN(S(=O)(=O)c3ccc(F)cc3)C2)C1. The van der Waals surface area contributed by atoms with E-state index in [9.17, 15) is 17.6 Å². The summed E-state index contributed by atoms with van der Waals surface area (Å²) >= 11 is 0. The number of hydrogen-bond acceptors (Lipinski definition) is 5. The first-order valence-corrected chi connectivity index (χ1v) is 10.7. The highest BCUT2D eigenvalue weighted by Crippen LogP contribution is 2.35. The summed E-state index contributed by atoms with van der Waals surface area (Å²) in [5.41, 5.74) is 0.00882. The van der Waals surface area contributed by atoms with Gasteiger partial charge in [-0.25, -0.2) is 12.8 Å². The van der Waals surface area contributed by atoms with E-state index in [2.05, 4.69) is 10.5 Å². The summed E-state index contributed by atoms with van der Waals surface area (Å²) in [4.78, 5) is 18.1. The third kappa shape index (κ3) is 4.01. The lowest BCUT2D eigenvalue weighted by molar-refractivity contribution is -0.110. The Morgan fingerprint density at radius 3 is 2.59 bits per heavy atom. The highest BCUT2D eigenvalue weighted by molar-refractivity contribution is 7.89. The van der Waals surface area contributed by atoms with E-state index in [-0.39, 0.29) is 29.5 Å². The Kier molecular flexibility index (Phi) is 5.10. The minimum Gasteiger partial charge on any atom is -0.387 e. The van der Waals surface area contributed by atoms with Crippen molar-refractivity contribution in [3.05, 3.63) is 60.4 Å². The molecule has 0 saturated carbocycles. The molecular weight excluding hydrogens is 397 g/mol. The number of carbonyl (C=O) groups is 1. The molecule has 2 heterocycles. The van der Waals surface area contributed by atoms with Crippen molar-refractivity contribution in [3.63, 3.8) is 0 Å². The third-order valence-electron chi connectivity index (χ3n) is 5.09. The molecular formula is C20H20FN3O4S. The van der Waals surface area contributed by atoms with Gasteiger partial charge >= 0.3 is 0 Å². The summed E-state index contributed by atoms with van der Waals surface area (Å²) in [6, 6.07) is 13.7. The molecule has 2 aliphatic heterocycles. The number of amides is 1. The van der Waals surface area contributed by atoms with Gasteiger partial charge in [0.05, 0.1) is 11.4 Å². The molecule has 152 valence electrons. The topological polar surface area (TPSA) is 88.1 Å². The van der Waals surface area contributed by atoms with Gasteiger partial charge in [0.25, 0.3) is 5.91 Å². The van der Waals surface area contributed by atoms with Crippen LogP contribution in [0.25, 0.3) is 0 Å². The summed E-state index contributed by atoms with van der Waals surface area (Å²) in [6.07, 6.45) is 1.39. The first kappa shape index (κ1) is 19.5. The fourth-order valence-corrected chi connectivity index (χ4v) is 5.16. The van der Waals surface area contributed by atoms with E-state index in [1.807, 2.05) is 18.2 Å². The first-order valence-electron chi connectivity index (χ1n) is 9.25. The average molecular weight is 417 g/mol. The predicted molar refractivity (Wildman–Crippen MR) is 105 cm³/mol. The monoisotopic (exact) mass is 417 g/mol. The van der Waals surface area contributed by atoms with E-state index in [4.69, 9.17) is 4.84 Å². The largest absolute Gasteiger partial charge is 0.387 e. The van der Waals surface area contributed by atoms with Crippen molar-refractivity contribution in [2.24, 2.45) is 5.16 Å². The number of hydrogen-bond donors (Lipinski definition) is 1. The number of nitrogens with one attached hydrogen (secondary N) is 1. The van der Waals surface area contributed by atoms with Crippen LogP contribution in [0.2, 0.25) is 0 Å². The highest BCUT2D eigenvalue weighted by Gasteiger charge is 2.47. The average Bonchev–Trinajstić information content (AvgIpc) is 3.12. The van der Waals surface area contributed by atoms with E-state index in [0.29, 0.717) is 25.1 Å². The van der Waals surface area contributed by atoms with Gasteiger partial charge in [0, 0.05) is 18.7 Å². The van der Waals surface area contributed by atoms with Gasteiger partial charge in [0.15, 0.2) is 5.60 Å². The van der Waals surface area contributed by atoms with Gasteiger partial charge in [-0.15, -0.1) is 0 Å². The van der Waals surface area contributed by atoms with Gasteiger partial charge in [0.2, 0.25) is 10.0 Å². The molecule has 0 radical (unpaired) electrons. The van der Waals surface area contributed by atoms with Crippen molar-refractivity contribution < 1.29 is 22.4 Å². The number of nitrogens with zero attached hydrogens (tertiary/aromatic N) is 2. The summed E-state index contributed by atoms with van der Waals surface area (Å²) in [6.45, 7) is 0.411. The number of para-hydroxylation sites is 1. The van der Waals surface area contributed by atoms with Crippen LogP contribution >= 0.6 is 0 Å². The number of rotatable bonds is 4. The van der Waals surface area contributed by atoms with Crippen LogP contribution in [0.4, 0.5) is 10.1 Å². The standard InChI is InChI=1S/C20H20FN3O4S/c21-15-7-9-17(10-8-15)29(26,27)24-12-4-11-20(14-24)13-18(23-28-20)19(25)22-16-5-2-1-3-6-16/h1-3,5-10H,4,11-14H2,(H,22,25)/t20-/m0/s1. The molecule has 0 aliphatic carbocycles. The molecule has 0 aromatic heterocycles. The summed E-state index contributed by atoms with van der Waals surface area (Å²) in [5.74, 6) is -0.868. The van der Waals surface area contributed by atoms with Crippen molar-refractivity contribution >= 4 is 27.3 Å². The van der Waals surface area contributed by atoms with Crippen LogP contribution in [-0.2, 0) is 19.7 Å². The maximum Gasteiger partial charge on any atom is 0.273 e. The lowest BCUT2D eigenvalue weighted by atomic mass is 9.89. The fraction of sp³-hybridized carbons (Fsp3) is 0.300. The highest BCUT2D eigenvalue weighted by atomic mass is 32.2. The van der Waals surface area contributed by atoms with Gasteiger partial charge in [-0.2, -0.15) is 4.31 Å². The van der Waals surface area contributed by atoms with E-state index in [1.165, 1.54) is 16.4 Å². The molecule has 0 bridgehead atoms. The van der Waals surface area contributed by atoms with Crippen LogP contribution in [0.15, 0.2) is 64.6 Å². The van der Waals surface area contributed by atoms with E-state index < -0.39 is 21.4 Å². The van der Waals surface area contributed by atoms with Crippen LogP contribution in [0, 0.1) is 5.82 Å². The number of sulfonamides is 1. The second-order valence-electron chi connectivity index (χ2n) is 7.21. The second-order valence-corrected chi connectivity index (χ2v) is 9.14. The number of oxime groups is 1. The van der Waals surface area contributed by atoms with Gasteiger partial charge in [0.1, 0.15) is 11.5 Å². The molecule has 7 nitrogen and oxygen atoms in total. The molecule has 1 spiro atoms. The van der Waals surface area contributed by atoms with Crippen LogP contribution < -0.4 is 5.32 Å². The summed E-state index contributed by atoms with van der Waals surface area (Å²) in [7, 11) is -3.79. The van der Waals surface area contributed by atoms with Gasteiger partial charge in [-0.3, -0.25) is 4.79 Å². The molecule has 1 atom stereocenters. The zero-order valence-corrected chi connectivity index (χ0v) is 16.4. The van der Waals surface area contributed by atoms with Crippen LogP contribution in [-0.4, -0.2) is 43.0 Å². The molecule has 9 heteroatoms. The Hall–Kier alpha value is -2.78. The predicted octanol–water partition coefficient (Wildman–Crippen LogP) is 2.76. The van der Waals surface area contributed by atoms with Crippen molar-refractivity contribution in [2.75, 3.05) is 18.4 Å². The summed E-state index contributed by atoms with van der Waals surface area (Å²) in [5, 5.41) is 6.70. The van der Waals surface area contributed by atoms with Gasteiger partial charge in [-0.1, -0.05) is 23.4 Å². The van der Waals surface area contributed by atoms with E-state index >= 15 is 0 Å². The van der Waals surface area contributed by atoms with Crippen molar-refractivity contribution in [1.29, 1.82) is 0 Å². The number of carbonyl (C=O) groups excluding carboxylic acids is 1. The molecule has 1 fully saturated rings. The molecule has 29 heavy (non-hydrogen) atoms. The van der Waals surface area contributed by atoms with Crippen molar-refractivity contribution in [3.8, 4) is 0 Å². The normalized spacial score (nSPS) is 22.2. The van der Waals surface area contributed by atoms with E-state index in [1.54, 1.807) is 12.1 Å². The van der Waals surface area contributed by atoms with Crippen molar-refractivity contribution in [1.82, 2.24) is 4.31 Å². The minimum absolute atomic E-state index is 0.0249. The Morgan fingerprint density at radius 1 is 1.14 bits per heavy atom. The maximum absolute atomic E-state index is 13.2. The molecule has 1 saturated heterocycles. The Morgan fingerprint density at radius 2 is 1.86 bits per heavy atom. The zero-order chi connectivity index (χ0) is 20.5. The van der Waals surface area contributed by atoms with Crippen LogP contribution in [0.1, 0.15) is 19.3 Å². The van der Waals surface area contributed by atoms with Gasteiger partial charge in [-0.05, 0) is 49.2 Å². The first-order chi connectivity index (χ1) is 13.9. The second kappa shape index (κ2) is 7.57. The molecule has 1 N–H and O–H groups in total. The minimum atomic E-state index is -3.79. The molecule has 0 unspecified atom stereocenters. The Balaban J connectivity index is 1.46. The fourth-order valence-electron chi connectivity index (χ4n) is 3.60.